The van der Waals surface area contributed by atoms with Crippen LogP contribution < -0.4 is 5.32 Å². The molecule has 0 aliphatic carbocycles. The van der Waals surface area contributed by atoms with E-state index in [1.807, 2.05) is 0 Å². The van der Waals surface area contributed by atoms with Crippen LogP contribution >= 0.6 is 0 Å². The van der Waals surface area contributed by atoms with Gasteiger partial charge < -0.3 is 9.52 Å². The molecule has 1 aromatic heterocycles. The van der Waals surface area contributed by atoms with Crippen LogP contribution in [0.5, 0.6) is 0 Å². The molecule has 0 fully saturated rings. The zero-order valence-electron chi connectivity index (χ0n) is 7.83. The van der Waals surface area contributed by atoms with Crippen molar-refractivity contribution in [2.45, 2.75) is 13.5 Å². The van der Waals surface area contributed by atoms with E-state index in [1.165, 1.54) is 12.3 Å². The average Bonchev–Trinajstić information content (AvgIpc) is 2.61. The summed E-state index contributed by atoms with van der Waals surface area (Å²) in [6, 6.07) is 1.49. The van der Waals surface area contributed by atoms with Gasteiger partial charge in [0.25, 0.3) is 0 Å². The summed E-state index contributed by atoms with van der Waals surface area (Å²) in [7, 11) is 0. The number of rotatable bonds is 4. The molecule has 0 bridgehead atoms. The molecular weight excluding hydrogens is 182 g/mol. The van der Waals surface area contributed by atoms with Crippen molar-refractivity contribution < 1.29 is 14.3 Å². The van der Waals surface area contributed by atoms with Crippen LogP contribution in [-0.4, -0.2) is 17.6 Å². The van der Waals surface area contributed by atoms with Crippen molar-refractivity contribution in [2.24, 2.45) is 0 Å². The molecule has 0 aliphatic rings. The third-order valence-corrected chi connectivity index (χ3v) is 1.59. The molecule has 0 amide bonds. The molecular formula is C10H11NO3. The van der Waals surface area contributed by atoms with Gasteiger partial charge in [-0.05, 0) is 13.0 Å². The highest BCUT2D eigenvalue weighted by atomic mass is 16.4. The zero-order valence-corrected chi connectivity index (χ0v) is 7.83. The van der Waals surface area contributed by atoms with Gasteiger partial charge in [-0.15, -0.1) is 5.92 Å². The molecule has 0 unspecified atom stereocenters. The zero-order chi connectivity index (χ0) is 10.4. The molecule has 0 aliphatic heterocycles. The van der Waals surface area contributed by atoms with Crippen molar-refractivity contribution in [1.29, 1.82) is 0 Å². The first kappa shape index (κ1) is 10.4. The van der Waals surface area contributed by atoms with E-state index in [1.54, 1.807) is 6.92 Å². The lowest BCUT2D eigenvalue weighted by atomic mass is 10.3. The Kier molecular flexibility index (Phi) is 3.77. The fourth-order valence-electron chi connectivity index (χ4n) is 0.922. The number of carbonyl (C=O) groups is 1. The highest BCUT2D eigenvalue weighted by Gasteiger charge is 2.06. The van der Waals surface area contributed by atoms with E-state index >= 15 is 0 Å². The first-order valence-electron chi connectivity index (χ1n) is 4.15. The van der Waals surface area contributed by atoms with E-state index in [4.69, 9.17) is 9.52 Å². The lowest BCUT2D eigenvalue weighted by Gasteiger charge is -1.94. The number of furan rings is 1. The van der Waals surface area contributed by atoms with Gasteiger partial charge >= 0.3 is 5.97 Å². The van der Waals surface area contributed by atoms with Gasteiger partial charge in [0.2, 0.25) is 0 Å². The minimum Gasteiger partial charge on any atom is -0.478 e. The molecule has 4 nitrogen and oxygen atoms in total. The molecule has 0 aromatic carbocycles. The summed E-state index contributed by atoms with van der Waals surface area (Å²) in [6.07, 6.45) is 1.23. The molecule has 1 rings (SSSR count). The van der Waals surface area contributed by atoms with Crippen molar-refractivity contribution in [1.82, 2.24) is 5.32 Å². The predicted octanol–water partition coefficient (Wildman–Crippen LogP) is 1.09. The van der Waals surface area contributed by atoms with Gasteiger partial charge in [0.1, 0.15) is 12.0 Å². The van der Waals surface area contributed by atoms with Crippen LogP contribution in [-0.2, 0) is 6.54 Å². The second-order valence-electron chi connectivity index (χ2n) is 2.64. The van der Waals surface area contributed by atoms with Crippen LogP contribution in [0.4, 0.5) is 0 Å². The van der Waals surface area contributed by atoms with Crippen LogP contribution in [0.3, 0.4) is 0 Å². The summed E-state index contributed by atoms with van der Waals surface area (Å²) < 4.78 is 5.01. The fraction of sp³-hybridized carbons (Fsp3) is 0.300. The topological polar surface area (TPSA) is 62.5 Å². The highest BCUT2D eigenvalue weighted by molar-refractivity contribution is 5.87. The molecule has 0 spiro atoms. The van der Waals surface area contributed by atoms with Gasteiger partial charge in [0, 0.05) is 0 Å². The fourth-order valence-corrected chi connectivity index (χ4v) is 0.922. The highest BCUT2D eigenvalue weighted by Crippen LogP contribution is 2.06. The summed E-state index contributed by atoms with van der Waals surface area (Å²) in [4.78, 5) is 10.5. The Morgan fingerprint density at radius 1 is 1.71 bits per heavy atom. The molecule has 0 atom stereocenters. The van der Waals surface area contributed by atoms with Crippen LogP contribution in [0.2, 0.25) is 0 Å². The summed E-state index contributed by atoms with van der Waals surface area (Å²) >= 11 is 0. The largest absolute Gasteiger partial charge is 0.478 e. The third-order valence-electron chi connectivity index (χ3n) is 1.59. The summed E-state index contributed by atoms with van der Waals surface area (Å²) in [6.45, 7) is 2.82. The van der Waals surface area contributed by atoms with Crippen molar-refractivity contribution >= 4 is 5.97 Å². The maximum absolute atomic E-state index is 10.5. The standard InChI is InChI=1S/C10H11NO3/c1-2-3-4-11-6-9-5-8(7-14-9)10(12)13/h5,7,11H,4,6H2,1H3,(H,12,13). The minimum absolute atomic E-state index is 0.170. The van der Waals surface area contributed by atoms with Crippen molar-refractivity contribution in [2.75, 3.05) is 6.54 Å². The monoisotopic (exact) mass is 193 g/mol. The van der Waals surface area contributed by atoms with Gasteiger partial charge in [-0.2, -0.15) is 0 Å². The van der Waals surface area contributed by atoms with E-state index < -0.39 is 5.97 Å². The second kappa shape index (κ2) is 5.10. The Bertz CT molecular complexity index is 370. The maximum Gasteiger partial charge on any atom is 0.338 e. The predicted molar refractivity (Wildman–Crippen MR) is 50.8 cm³/mol. The normalized spacial score (nSPS) is 9.21. The van der Waals surface area contributed by atoms with Crippen LogP contribution in [0.25, 0.3) is 0 Å². The lowest BCUT2D eigenvalue weighted by Crippen LogP contribution is -2.12. The van der Waals surface area contributed by atoms with Gasteiger partial charge in [-0.3, -0.25) is 5.32 Å². The first-order valence-corrected chi connectivity index (χ1v) is 4.15. The molecule has 0 saturated heterocycles. The van der Waals surface area contributed by atoms with Crippen LogP contribution in [0.15, 0.2) is 16.7 Å². The second-order valence-corrected chi connectivity index (χ2v) is 2.64. The molecule has 0 saturated carbocycles. The minimum atomic E-state index is -0.978. The molecule has 0 radical (unpaired) electrons. The SMILES string of the molecule is CC#CCNCc1cc(C(=O)O)co1. The van der Waals surface area contributed by atoms with E-state index in [-0.39, 0.29) is 5.56 Å². The van der Waals surface area contributed by atoms with Crippen LogP contribution in [0, 0.1) is 11.8 Å². The summed E-state index contributed by atoms with van der Waals surface area (Å²) in [5, 5.41) is 11.6. The van der Waals surface area contributed by atoms with E-state index in [0.29, 0.717) is 18.8 Å². The van der Waals surface area contributed by atoms with Crippen molar-refractivity contribution in [3.05, 3.63) is 23.7 Å². The van der Waals surface area contributed by atoms with Gasteiger partial charge in [-0.1, -0.05) is 5.92 Å². The van der Waals surface area contributed by atoms with Gasteiger partial charge in [0.05, 0.1) is 18.7 Å². The number of aromatic carboxylic acids is 1. The molecule has 4 heteroatoms. The van der Waals surface area contributed by atoms with Crippen LogP contribution in [0.1, 0.15) is 23.0 Å². The summed E-state index contributed by atoms with van der Waals surface area (Å²) in [5.41, 5.74) is 0.170. The number of carboxylic acids is 1. The smallest absolute Gasteiger partial charge is 0.338 e. The Hall–Kier alpha value is -1.73. The lowest BCUT2D eigenvalue weighted by molar-refractivity contribution is 0.0696. The van der Waals surface area contributed by atoms with E-state index in [2.05, 4.69) is 17.2 Å². The third kappa shape index (κ3) is 2.96. The van der Waals surface area contributed by atoms with Crippen molar-refractivity contribution in [3.8, 4) is 11.8 Å². The first-order chi connectivity index (χ1) is 6.74. The molecule has 1 heterocycles. The number of carboxylic acid groups (broad SMARTS) is 1. The number of hydrogen-bond acceptors (Lipinski definition) is 3. The quantitative estimate of drug-likeness (QED) is 0.555. The Morgan fingerprint density at radius 2 is 2.50 bits per heavy atom. The molecule has 14 heavy (non-hydrogen) atoms. The Labute approximate surface area is 81.9 Å². The number of nitrogens with one attached hydrogen (secondary N) is 1. The van der Waals surface area contributed by atoms with E-state index in [0.717, 1.165) is 0 Å². The Morgan fingerprint density at radius 3 is 3.07 bits per heavy atom. The number of hydrogen-bond donors (Lipinski definition) is 2. The van der Waals surface area contributed by atoms with Crippen molar-refractivity contribution in [3.63, 3.8) is 0 Å². The van der Waals surface area contributed by atoms with Gasteiger partial charge in [-0.25, -0.2) is 4.79 Å². The summed E-state index contributed by atoms with van der Waals surface area (Å²) in [5.74, 6) is 5.19. The maximum atomic E-state index is 10.5. The molecule has 1 aromatic rings. The molecule has 74 valence electrons. The van der Waals surface area contributed by atoms with Gasteiger partial charge in [0.15, 0.2) is 0 Å². The van der Waals surface area contributed by atoms with E-state index in [9.17, 15) is 4.79 Å². The Balaban J connectivity index is 2.42. The average molecular weight is 193 g/mol. The molecule has 2 N–H and O–H groups in total.